The molecular formula is C19H26N6O4. The number of aryl methyl sites for hydroxylation is 4. The fourth-order valence-corrected chi connectivity index (χ4v) is 4.05. The van der Waals surface area contributed by atoms with Crippen LogP contribution < -0.4 is 19.3 Å². The number of hydrogen-bond donors (Lipinski definition) is 0. The minimum Gasteiger partial charge on any atom is -0.474 e. The van der Waals surface area contributed by atoms with E-state index >= 15 is 0 Å². The molecule has 0 fully saturated rings. The fourth-order valence-electron chi connectivity index (χ4n) is 4.05. The van der Waals surface area contributed by atoms with Crippen LogP contribution in [0.5, 0.6) is 11.8 Å². The number of rotatable bonds is 4. The van der Waals surface area contributed by atoms with E-state index in [9.17, 15) is 9.59 Å². The minimum absolute atomic E-state index is 0.0151. The Hall–Kier alpha value is -3.04. The van der Waals surface area contributed by atoms with Crippen molar-refractivity contribution in [2.24, 2.45) is 14.1 Å². The molecule has 0 unspecified atom stereocenters. The molecule has 156 valence electrons. The first-order valence-electron chi connectivity index (χ1n) is 9.82. The predicted octanol–water partition coefficient (Wildman–Crippen LogP) is 1.09. The van der Waals surface area contributed by atoms with E-state index in [-0.39, 0.29) is 11.8 Å². The molecule has 0 saturated heterocycles. The Bertz CT molecular complexity index is 886. The van der Waals surface area contributed by atoms with Gasteiger partial charge in [0.05, 0.1) is 24.5 Å². The fraction of sp³-hybridized carbons (Fsp3) is 0.579. The van der Waals surface area contributed by atoms with Crippen LogP contribution in [0.25, 0.3) is 0 Å². The SMILES string of the molecule is Cc1nn(C)c2c1N(C(=O)CCCC(=O)N1CCOc3c1c(C)nn3C)CCO2. The molecule has 2 aliphatic rings. The Morgan fingerprint density at radius 1 is 0.828 bits per heavy atom. The van der Waals surface area contributed by atoms with Crippen LogP contribution >= 0.6 is 0 Å². The molecule has 0 aliphatic carbocycles. The minimum atomic E-state index is -0.0151. The average Bonchev–Trinajstić information content (AvgIpc) is 3.17. The molecular weight excluding hydrogens is 376 g/mol. The van der Waals surface area contributed by atoms with Crippen molar-refractivity contribution >= 4 is 23.2 Å². The number of fused-ring (bicyclic) bond motifs is 2. The molecule has 4 rings (SSSR count). The van der Waals surface area contributed by atoms with Crippen molar-refractivity contribution < 1.29 is 19.1 Å². The second-order valence-electron chi connectivity index (χ2n) is 7.37. The first-order valence-corrected chi connectivity index (χ1v) is 9.82. The molecule has 0 N–H and O–H groups in total. The molecule has 0 saturated carbocycles. The summed E-state index contributed by atoms with van der Waals surface area (Å²) in [7, 11) is 3.60. The Morgan fingerprint density at radius 2 is 1.24 bits per heavy atom. The third kappa shape index (κ3) is 3.32. The number of aromatic nitrogens is 4. The lowest BCUT2D eigenvalue weighted by Crippen LogP contribution is -2.39. The predicted molar refractivity (Wildman–Crippen MR) is 105 cm³/mol. The molecule has 0 aromatic carbocycles. The molecule has 0 spiro atoms. The van der Waals surface area contributed by atoms with Crippen molar-refractivity contribution in [2.45, 2.75) is 33.1 Å². The van der Waals surface area contributed by atoms with E-state index in [0.29, 0.717) is 57.3 Å². The van der Waals surface area contributed by atoms with Gasteiger partial charge >= 0.3 is 0 Å². The zero-order valence-electron chi connectivity index (χ0n) is 17.3. The Labute approximate surface area is 169 Å². The number of nitrogens with zero attached hydrogens (tertiary/aromatic N) is 6. The quantitative estimate of drug-likeness (QED) is 0.760. The molecule has 10 heteroatoms. The number of hydrogen-bond acceptors (Lipinski definition) is 6. The van der Waals surface area contributed by atoms with E-state index in [1.54, 1.807) is 33.3 Å². The van der Waals surface area contributed by atoms with Gasteiger partial charge < -0.3 is 19.3 Å². The lowest BCUT2D eigenvalue weighted by atomic mass is 10.1. The number of carbonyl (C=O) groups is 2. The molecule has 0 radical (unpaired) electrons. The van der Waals surface area contributed by atoms with E-state index in [2.05, 4.69) is 10.2 Å². The molecule has 2 aliphatic heterocycles. The standard InChI is InChI=1S/C19H26N6O4/c1-12-16-18(22(3)20-12)28-10-8-24(16)14(26)6-5-7-15(27)25-9-11-29-19-17(25)13(2)21-23(19)4/h5-11H2,1-4H3. The van der Waals surface area contributed by atoms with Gasteiger partial charge in [-0.25, -0.2) is 9.36 Å². The molecule has 2 amide bonds. The maximum absolute atomic E-state index is 12.8. The maximum atomic E-state index is 12.8. The van der Waals surface area contributed by atoms with Crippen LogP contribution in [0.15, 0.2) is 0 Å². The highest BCUT2D eigenvalue weighted by atomic mass is 16.5. The molecule has 4 heterocycles. The summed E-state index contributed by atoms with van der Waals surface area (Å²) in [6, 6.07) is 0. The van der Waals surface area contributed by atoms with Crippen LogP contribution in [0.2, 0.25) is 0 Å². The van der Waals surface area contributed by atoms with Gasteiger partial charge in [0.1, 0.15) is 24.6 Å². The third-order valence-corrected chi connectivity index (χ3v) is 5.31. The summed E-state index contributed by atoms with van der Waals surface area (Å²) in [6.07, 6.45) is 1.07. The van der Waals surface area contributed by atoms with Gasteiger partial charge in [0.25, 0.3) is 0 Å². The Balaban J connectivity index is 1.38. The van der Waals surface area contributed by atoms with Gasteiger partial charge in [-0.2, -0.15) is 10.2 Å². The van der Waals surface area contributed by atoms with Gasteiger partial charge in [-0.15, -0.1) is 0 Å². The van der Waals surface area contributed by atoms with Gasteiger partial charge in [-0.1, -0.05) is 0 Å². The van der Waals surface area contributed by atoms with Crippen LogP contribution in [-0.2, 0) is 23.7 Å². The van der Waals surface area contributed by atoms with Crippen molar-refractivity contribution in [3.05, 3.63) is 11.4 Å². The monoisotopic (exact) mass is 402 g/mol. The molecule has 2 aromatic heterocycles. The van der Waals surface area contributed by atoms with Gasteiger partial charge in [-0.05, 0) is 20.3 Å². The summed E-state index contributed by atoms with van der Waals surface area (Å²) >= 11 is 0. The number of amides is 2. The van der Waals surface area contributed by atoms with Gasteiger partial charge in [0.2, 0.25) is 23.6 Å². The van der Waals surface area contributed by atoms with Crippen molar-refractivity contribution in [3.63, 3.8) is 0 Å². The van der Waals surface area contributed by atoms with Crippen molar-refractivity contribution in [3.8, 4) is 11.8 Å². The Morgan fingerprint density at radius 3 is 1.66 bits per heavy atom. The summed E-state index contributed by atoms with van der Waals surface area (Å²) in [6.45, 7) is 5.59. The van der Waals surface area contributed by atoms with E-state index in [1.165, 1.54) is 0 Å². The topological polar surface area (TPSA) is 94.7 Å². The highest BCUT2D eigenvalue weighted by Gasteiger charge is 2.31. The normalized spacial score (nSPS) is 15.4. The molecule has 29 heavy (non-hydrogen) atoms. The number of anilines is 2. The second kappa shape index (κ2) is 7.41. The zero-order valence-corrected chi connectivity index (χ0v) is 17.3. The highest BCUT2D eigenvalue weighted by molar-refractivity contribution is 5.97. The number of ether oxygens (including phenoxy) is 2. The van der Waals surface area contributed by atoms with Crippen LogP contribution in [-0.4, -0.2) is 57.7 Å². The third-order valence-electron chi connectivity index (χ3n) is 5.31. The first-order chi connectivity index (χ1) is 13.9. The largest absolute Gasteiger partial charge is 0.474 e. The van der Waals surface area contributed by atoms with E-state index in [4.69, 9.17) is 9.47 Å². The van der Waals surface area contributed by atoms with Crippen molar-refractivity contribution in [1.82, 2.24) is 19.6 Å². The van der Waals surface area contributed by atoms with Crippen molar-refractivity contribution in [2.75, 3.05) is 36.1 Å². The average molecular weight is 402 g/mol. The van der Waals surface area contributed by atoms with Crippen molar-refractivity contribution in [1.29, 1.82) is 0 Å². The smallest absolute Gasteiger partial charge is 0.236 e. The van der Waals surface area contributed by atoms with Gasteiger partial charge in [0, 0.05) is 26.9 Å². The van der Waals surface area contributed by atoms with Crippen LogP contribution in [0.3, 0.4) is 0 Å². The highest BCUT2D eigenvalue weighted by Crippen LogP contribution is 2.36. The lowest BCUT2D eigenvalue weighted by Gasteiger charge is -2.29. The lowest BCUT2D eigenvalue weighted by molar-refractivity contribution is -0.120. The molecule has 0 bridgehead atoms. The van der Waals surface area contributed by atoms with Crippen LogP contribution in [0.4, 0.5) is 11.4 Å². The zero-order chi connectivity index (χ0) is 20.7. The maximum Gasteiger partial charge on any atom is 0.236 e. The molecule has 2 aromatic rings. The summed E-state index contributed by atoms with van der Waals surface area (Å²) in [5.74, 6) is 1.20. The molecule has 0 atom stereocenters. The van der Waals surface area contributed by atoms with Crippen LogP contribution in [0, 0.1) is 13.8 Å². The first kappa shape index (κ1) is 19.3. The molecule has 10 nitrogen and oxygen atoms in total. The summed E-state index contributed by atoms with van der Waals surface area (Å²) < 4.78 is 14.6. The second-order valence-corrected chi connectivity index (χ2v) is 7.37. The van der Waals surface area contributed by atoms with E-state index in [0.717, 1.165) is 22.8 Å². The summed E-state index contributed by atoms with van der Waals surface area (Å²) in [4.78, 5) is 29.1. The van der Waals surface area contributed by atoms with Gasteiger partial charge in [-0.3, -0.25) is 9.59 Å². The number of carbonyl (C=O) groups excluding carboxylic acids is 2. The van der Waals surface area contributed by atoms with E-state index < -0.39 is 0 Å². The Kier molecular flexibility index (Phi) is 4.93. The van der Waals surface area contributed by atoms with Crippen LogP contribution in [0.1, 0.15) is 30.7 Å². The van der Waals surface area contributed by atoms with Gasteiger partial charge in [0.15, 0.2) is 0 Å². The van der Waals surface area contributed by atoms with E-state index in [1.807, 2.05) is 13.8 Å². The summed E-state index contributed by atoms with van der Waals surface area (Å²) in [5.41, 5.74) is 3.00. The summed E-state index contributed by atoms with van der Waals surface area (Å²) in [5, 5.41) is 8.69.